The molecule has 0 aliphatic heterocycles. The molecule has 15 heavy (non-hydrogen) atoms. The highest BCUT2D eigenvalue weighted by Gasteiger charge is 2.02. The van der Waals surface area contributed by atoms with Crippen molar-refractivity contribution in [1.82, 2.24) is 10.3 Å². The zero-order chi connectivity index (χ0) is 10.7. The number of aryl methyl sites for hydroxylation is 1. The molecule has 3 nitrogen and oxygen atoms in total. The molecular weight excluding hydrogens is 232 g/mol. The third-order valence-electron chi connectivity index (χ3n) is 2.06. The summed E-state index contributed by atoms with van der Waals surface area (Å²) >= 11 is 7.32. The normalized spacial score (nSPS) is 10.8. The SMILES string of the molecule is Cc1ncsc1CNCc1ccc(Cl)o1. The van der Waals surface area contributed by atoms with Crippen LogP contribution < -0.4 is 5.32 Å². The second-order valence-electron chi connectivity index (χ2n) is 3.17. The summed E-state index contributed by atoms with van der Waals surface area (Å²) in [5.74, 6) is 0.849. The molecule has 0 radical (unpaired) electrons. The quantitative estimate of drug-likeness (QED) is 0.896. The van der Waals surface area contributed by atoms with Gasteiger partial charge in [0.1, 0.15) is 5.76 Å². The number of hydrogen-bond acceptors (Lipinski definition) is 4. The van der Waals surface area contributed by atoms with Crippen LogP contribution in [0.2, 0.25) is 5.22 Å². The minimum absolute atomic E-state index is 0.431. The predicted octanol–water partition coefficient (Wildman–Crippen LogP) is 2.99. The van der Waals surface area contributed by atoms with Crippen LogP contribution in [0, 0.1) is 6.92 Å². The first kappa shape index (κ1) is 10.7. The molecule has 0 amide bonds. The van der Waals surface area contributed by atoms with Crippen LogP contribution in [0.5, 0.6) is 0 Å². The van der Waals surface area contributed by atoms with E-state index >= 15 is 0 Å². The Balaban J connectivity index is 1.83. The van der Waals surface area contributed by atoms with Crippen molar-refractivity contribution < 1.29 is 4.42 Å². The lowest BCUT2D eigenvalue weighted by Crippen LogP contribution is -2.11. The molecule has 1 N–H and O–H groups in total. The van der Waals surface area contributed by atoms with Crippen LogP contribution in [0.1, 0.15) is 16.3 Å². The van der Waals surface area contributed by atoms with Crippen LogP contribution in [0.4, 0.5) is 0 Å². The maximum atomic E-state index is 5.66. The second kappa shape index (κ2) is 4.79. The highest BCUT2D eigenvalue weighted by molar-refractivity contribution is 7.09. The first-order valence-electron chi connectivity index (χ1n) is 4.59. The smallest absolute Gasteiger partial charge is 0.193 e. The average molecular weight is 243 g/mol. The van der Waals surface area contributed by atoms with Gasteiger partial charge in [-0.15, -0.1) is 11.3 Å². The van der Waals surface area contributed by atoms with Crippen molar-refractivity contribution in [2.75, 3.05) is 0 Å². The van der Waals surface area contributed by atoms with Gasteiger partial charge in [-0.3, -0.25) is 0 Å². The lowest BCUT2D eigenvalue weighted by molar-refractivity contribution is 0.485. The molecule has 80 valence electrons. The number of aromatic nitrogens is 1. The molecule has 0 aliphatic carbocycles. The summed E-state index contributed by atoms with van der Waals surface area (Å²) in [5, 5.41) is 3.71. The van der Waals surface area contributed by atoms with Gasteiger partial charge in [0.2, 0.25) is 0 Å². The van der Waals surface area contributed by atoms with Crippen molar-refractivity contribution in [3.8, 4) is 0 Å². The molecule has 0 saturated carbocycles. The molecule has 2 aromatic rings. The number of nitrogens with zero attached hydrogens (tertiary/aromatic N) is 1. The predicted molar refractivity (Wildman–Crippen MR) is 61.1 cm³/mol. The lowest BCUT2D eigenvalue weighted by Gasteiger charge is -2.00. The van der Waals surface area contributed by atoms with Gasteiger partial charge in [-0.05, 0) is 30.7 Å². The van der Waals surface area contributed by atoms with Gasteiger partial charge in [0.25, 0.3) is 0 Å². The molecule has 0 bridgehead atoms. The molecule has 0 aromatic carbocycles. The molecule has 0 spiro atoms. The van der Waals surface area contributed by atoms with Crippen molar-refractivity contribution in [2.24, 2.45) is 0 Å². The second-order valence-corrected chi connectivity index (χ2v) is 4.48. The Hall–Kier alpha value is -0.840. The zero-order valence-electron chi connectivity index (χ0n) is 8.29. The fraction of sp³-hybridized carbons (Fsp3) is 0.300. The van der Waals surface area contributed by atoms with E-state index in [4.69, 9.17) is 16.0 Å². The Morgan fingerprint density at radius 3 is 2.93 bits per heavy atom. The van der Waals surface area contributed by atoms with Gasteiger partial charge in [-0.25, -0.2) is 4.98 Å². The summed E-state index contributed by atoms with van der Waals surface area (Å²) in [6.07, 6.45) is 0. The largest absolute Gasteiger partial charge is 0.448 e. The van der Waals surface area contributed by atoms with Crippen LogP contribution in [0.25, 0.3) is 0 Å². The molecule has 2 heterocycles. The molecule has 5 heteroatoms. The van der Waals surface area contributed by atoms with Gasteiger partial charge in [-0.2, -0.15) is 0 Å². The van der Waals surface area contributed by atoms with Crippen LogP contribution in [-0.4, -0.2) is 4.98 Å². The summed E-state index contributed by atoms with van der Waals surface area (Å²) in [6.45, 7) is 3.51. The van der Waals surface area contributed by atoms with Crippen molar-refractivity contribution in [2.45, 2.75) is 20.0 Å². The monoisotopic (exact) mass is 242 g/mol. The Morgan fingerprint density at radius 1 is 1.47 bits per heavy atom. The molecule has 0 unspecified atom stereocenters. The van der Waals surface area contributed by atoms with Gasteiger partial charge in [0.05, 0.1) is 17.7 Å². The highest BCUT2D eigenvalue weighted by atomic mass is 35.5. The molecule has 0 atom stereocenters. The Kier molecular flexibility index (Phi) is 3.41. The van der Waals surface area contributed by atoms with Crippen LogP contribution in [0.3, 0.4) is 0 Å². The Morgan fingerprint density at radius 2 is 2.33 bits per heavy atom. The summed E-state index contributed by atoms with van der Waals surface area (Å²) in [6, 6.07) is 3.62. The third kappa shape index (κ3) is 2.81. The summed E-state index contributed by atoms with van der Waals surface area (Å²) < 4.78 is 5.22. The maximum absolute atomic E-state index is 5.66. The Labute approximate surface area is 97.1 Å². The first-order chi connectivity index (χ1) is 7.25. The maximum Gasteiger partial charge on any atom is 0.193 e. The van der Waals surface area contributed by atoms with Gasteiger partial charge in [0, 0.05) is 11.4 Å². The minimum Gasteiger partial charge on any atom is -0.448 e. The number of rotatable bonds is 4. The fourth-order valence-corrected chi connectivity index (χ4v) is 2.15. The molecular formula is C10H11ClN2OS. The molecule has 2 rings (SSSR count). The van der Waals surface area contributed by atoms with Gasteiger partial charge >= 0.3 is 0 Å². The van der Waals surface area contributed by atoms with Crippen LogP contribution in [-0.2, 0) is 13.1 Å². The molecule has 0 aliphatic rings. The first-order valence-corrected chi connectivity index (χ1v) is 5.85. The Bertz CT molecular complexity index is 438. The van der Waals surface area contributed by atoms with E-state index in [0.29, 0.717) is 11.8 Å². The van der Waals surface area contributed by atoms with E-state index in [1.807, 2.05) is 18.5 Å². The van der Waals surface area contributed by atoms with E-state index in [9.17, 15) is 0 Å². The van der Waals surface area contributed by atoms with E-state index < -0.39 is 0 Å². The summed E-state index contributed by atoms with van der Waals surface area (Å²) in [5.41, 5.74) is 2.95. The fourth-order valence-electron chi connectivity index (χ4n) is 1.24. The number of halogens is 1. The molecule has 2 aromatic heterocycles. The van der Waals surface area contributed by atoms with Crippen LogP contribution >= 0.6 is 22.9 Å². The van der Waals surface area contributed by atoms with Crippen molar-refractivity contribution >= 4 is 22.9 Å². The number of nitrogens with one attached hydrogen (secondary N) is 1. The van der Waals surface area contributed by atoms with Crippen molar-refractivity contribution in [1.29, 1.82) is 0 Å². The summed E-state index contributed by atoms with van der Waals surface area (Å²) in [4.78, 5) is 5.44. The van der Waals surface area contributed by atoms with E-state index in [0.717, 1.165) is 18.0 Å². The third-order valence-corrected chi connectivity index (χ3v) is 3.20. The standard InChI is InChI=1S/C10H11ClN2OS/c1-7-9(15-6-13-7)5-12-4-8-2-3-10(11)14-8/h2-3,6,12H,4-5H2,1H3. The molecule has 0 saturated heterocycles. The van der Waals surface area contributed by atoms with E-state index in [-0.39, 0.29) is 0 Å². The number of furan rings is 1. The topological polar surface area (TPSA) is 38.1 Å². The highest BCUT2D eigenvalue weighted by Crippen LogP contribution is 2.14. The van der Waals surface area contributed by atoms with Crippen molar-refractivity contribution in [3.05, 3.63) is 39.2 Å². The summed E-state index contributed by atoms with van der Waals surface area (Å²) in [7, 11) is 0. The van der Waals surface area contributed by atoms with Gasteiger partial charge < -0.3 is 9.73 Å². The van der Waals surface area contributed by atoms with Crippen molar-refractivity contribution in [3.63, 3.8) is 0 Å². The zero-order valence-corrected chi connectivity index (χ0v) is 9.86. The average Bonchev–Trinajstić information content (AvgIpc) is 2.77. The number of hydrogen-bond donors (Lipinski definition) is 1. The molecule has 0 fully saturated rings. The van der Waals surface area contributed by atoms with Crippen LogP contribution in [0.15, 0.2) is 22.1 Å². The van der Waals surface area contributed by atoms with E-state index in [2.05, 4.69) is 10.3 Å². The minimum atomic E-state index is 0.431. The lowest BCUT2D eigenvalue weighted by atomic mass is 10.4. The number of thiazole rings is 1. The van der Waals surface area contributed by atoms with Gasteiger partial charge in [-0.1, -0.05) is 0 Å². The van der Waals surface area contributed by atoms with E-state index in [1.54, 1.807) is 17.4 Å². The van der Waals surface area contributed by atoms with E-state index in [1.165, 1.54) is 4.88 Å². The van der Waals surface area contributed by atoms with Gasteiger partial charge in [0.15, 0.2) is 5.22 Å².